The lowest BCUT2D eigenvalue weighted by Crippen LogP contribution is -2.38. The molecule has 1 aromatic heterocycles. The fourth-order valence-electron chi connectivity index (χ4n) is 2.24. The molecule has 19 heavy (non-hydrogen) atoms. The molecule has 0 bridgehead atoms. The van der Waals surface area contributed by atoms with E-state index in [-0.39, 0.29) is 6.03 Å². The lowest BCUT2D eigenvalue weighted by molar-refractivity contribution is 0.207. The van der Waals surface area contributed by atoms with E-state index >= 15 is 0 Å². The number of fused-ring (bicyclic) bond motifs is 1. The van der Waals surface area contributed by atoms with Gasteiger partial charge >= 0.3 is 6.03 Å². The molecule has 0 saturated heterocycles. The molecule has 0 atom stereocenters. The van der Waals surface area contributed by atoms with E-state index in [4.69, 9.17) is 5.73 Å². The van der Waals surface area contributed by atoms with Gasteiger partial charge in [0.05, 0.1) is 0 Å². The van der Waals surface area contributed by atoms with Gasteiger partial charge in [0.1, 0.15) is 0 Å². The van der Waals surface area contributed by atoms with Gasteiger partial charge in [-0.15, -0.1) is 11.3 Å². The number of nitrogens with zero attached hydrogens (tertiary/aromatic N) is 1. The van der Waals surface area contributed by atoms with Gasteiger partial charge in [-0.2, -0.15) is 0 Å². The highest BCUT2D eigenvalue weighted by Gasteiger charge is 2.21. The fourth-order valence-corrected chi connectivity index (χ4v) is 3.13. The maximum atomic E-state index is 12.2. The highest BCUT2D eigenvalue weighted by Crippen LogP contribution is 2.24. The van der Waals surface area contributed by atoms with Gasteiger partial charge in [-0.25, -0.2) is 4.79 Å². The Hall–Kier alpha value is -2.01. The van der Waals surface area contributed by atoms with Crippen LogP contribution in [0.3, 0.4) is 0 Å². The topological polar surface area (TPSA) is 58.4 Å². The minimum absolute atomic E-state index is 0.0672. The number of amides is 2. The van der Waals surface area contributed by atoms with Crippen LogP contribution in [0.2, 0.25) is 0 Å². The van der Waals surface area contributed by atoms with Crippen molar-refractivity contribution in [1.82, 2.24) is 4.90 Å². The minimum atomic E-state index is -0.0672. The zero-order chi connectivity index (χ0) is 13.2. The smallest absolute Gasteiger partial charge is 0.322 e. The third-order valence-corrected chi connectivity index (χ3v) is 4.26. The fraction of sp³-hybridized carbons (Fsp3) is 0.214. The lowest BCUT2D eigenvalue weighted by atomic mass is 10.1. The predicted molar refractivity (Wildman–Crippen MR) is 78.3 cm³/mol. The SMILES string of the molecule is Nc1cccc(NC(=O)N2CCc3sccc3C2)c1. The number of benzene rings is 1. The summed E-state index contributed by atoms with van der Waals surface area (Å²) < 4.78 is 0. The quantitative estimate of drug-likeness (QED) is 0.785. The van der Waals surface area contributed by atoms with E-state index in [0.29, 0.717) is 12.2 Å². The molecule has 1 aliphatic rings. The molecule has 0 radical (unpaired) electrons. The second-order valence-electron chi connectivity index (χ2n) is 4.60. The predicted octanol–water partition coefficient (Wildman–Crippen LogP) is 2.92. The molecular weight excluding hydrogens is 258 g/mol. The van der Waals surface area contributed by atoms with Crippen molar-refractivity contribution in [3.8, 4) is 0 Å². The number of anilines is 2. The summed E-state index contributed by atoms with van der Waals surface area (Å²) in [6, 6.07) is 9.26. The first-order valence-electron chi connectivity index (χ1n) is 6.19. The van der Waals surface area contributed by atoms with E-state index in [1.807, 2.05) is 17.0 Å². The molecule has 0 spiro atoms. The van der Waals surface area contributed by atoms with Gasteiger partial charge in [-0.1, -0.05) is 6.07 Å². The van der Waals surface area contributed by atoms with Gasteiger partial charge in [0.2, 0.25) is 0 Å². The largest absolute Gasteiger partial charge is 0.399 e. The number of carbonyl (C=O) groups excluding carboxylic acids is 1. The van der Waals surface area contributed by atoms with Crippen LogP contribution in [0.1, 0.15) is 10.4 Å². The summed E-state index contributed by atoms with van der Waals surface area (Å²) in [4.78, 5) is 15.4. The number of urea groups is 1. The van der Waals surface area contributed by atoms with Crippen molar-refractivity contribution in [2.45, 2.75) is 13.0 Å². The van der Waals surface area contributed by atoms with E-state index in [1.54, 1.807) is 23.5 Å². The summed E-state index contributed by atoms with van der Waals surface area (Å²) in [5.74, 6) is 0. The summed E-state index contributed by atoms with van der Waals surface area (Å²) in [6.07, 6.45) is 0.942. The van der Waals surface area contributed by atoms with Gasteiger partial charge in [-0.3, -0.25) is 0 Å². The number of nitrogen functional groups attached to an aromatic ring is 1. The zero-order valence-corrected chi connectivity index (χ0v) is 11.2. The van der Waals surface area contributed by atoms with Gasteiger partial charge in [0, 0.05) is 29.3 Å². The Balaban J connectivity index is 1.69. The van der Waals surface area contributed by atoms with Crippen molar-refractivity contribution in [1.29, 1.82) is 0 Å². The standard InChI is InChI=1S/C14H15N3OS/c15-11-2-1-3-12(8-11)16-14(18)17-6-4-13-10(9-17)5-7-19-13/h1-3,5,7-8H,4,6,9,15H2,(H,16,18). The molecule has 2 aromatic rings. The Morgan fingerprint density at radius 1 is 1.37 bits per heavy atom. The molecule has 3 rings (SSSR count). The van der Waals surface area contributed by atoms with Crippen LogP contribution in [-0.2, 0) is 13.0 Å². The van der Waals surface area contributed by atoms with Crippen molar-refractivity contribution in [3.05, 3.63) is 46.2 Å². The number of rotatable bonds is 1. The lowest BCUT2D eigenvalue weighted by Gasteiger charge is -2.27. The van der Waals surface area contributed by atoms with Crippen molar-refractivity contribution in [2.75, 3.05) is 17.6 Å². The number of hydrogen-bond acceptors (Lipinski definition) is 3. The first kappa shape index (κ1) is 12.0. The maximum Gasteiger partial charge on any atom is 0.322 e. The minimum Gasteiger partial charge on any atom is -0.399 e. The molecule has 0 aliphatic carbocycles. The van der Waals surface area contributed by atoms with Crippen LogP contribution in [0.5, 0.6) is 0 Å². The highest BCUT2D eigenvalue weighted by molar-refractivity contribution is 7.10. The van der Waals surface area contributed by atoms with E-state index in [1.165, 1.54) is 10.4 Å². The van der Waals surface area contributed by atoms with Gasteiger partial charge < -0.3 is 16.0 Å². The average Bonchev–Trinajstić information content (AvgIpc) is 2.85. The number of thiophene rings is 1. The van der Waals surface area contributed by atoms with Crippen molar-refractivity contribution >= 4 is 28.7 Å². The first-order valence-corrected chi connectivity index (χ1v) is 7.07. The number of hydrogen-bond donors (Lipinski definition) is 2. The van der Waals surface area contributed by atoms with Crippen molar-refractivity contribution in [3.63, 3.8) is 0 Å². The Labute approximate surface area is 115 Å². The van der Waals surface area contributed by atoms with E-state index in [2.05, 4.69) is 16.8 Å². The summed E-state index contributed by atoms with van der Waals surface area (Å²) in [5.41, 5.74) is 8.35. The van der Waals surface area contributed by atoms with Crippen LogP contribution in [-0.4, -0.2) is 17.5 Å². The normalized spacial score (nSPS) is 14.0. The van der Waals surface area contributed by atoms with E-state index < -0.39 is 0 Å². The maximum absolute atomic E-state index is 12.2. The Bertz CT molecular complexity index is 608. The van der Waals surface area contributed by atoms with Crippen LogP contribution >= 0.6 is 11.3 Å². The molecule has 98 valence electrons. The second kappa shape index (κ2) is 4.93. The monoisotopic (exact) mass is 273 g/mol. The zero-order valence-electron chi connectivity index (χ0n) is 10.4. The van der Waals surface area contributed by atoms with E-state index in [9.17, 15) is 4.79 Å². The van der Waals surface area contributed by atoms with Crippen LogP contribution in [0.15, 0.2) is 35.7 Å². The molecule has 2 amide bonds. The van der Waals surface area contributed by atoms with Gasteiger partial charge in [-0.05, 0) is 41.6 Å². The van der Waals surface area contributed by atoms with Crippen LogP contribution < -0.4 is 11.1 Å². The third kappa shape index (κ3) is 2.56. The van der Waals surface area contributed by atoms with Gasteiger partial charge in [0.25, 0.3) is 0 Å². The molecular formula is C14H15N3OS. The average molecular weight is 273 g/mol. The summed E-state index contributed by atoms with van der Waals surface area (Å²) in [5, 5.41) is 4.97. The molecule has 1 aliphatic heterocycles. The van der Waals surface area contributed by atoms with E-state index in [0.717, 1.165) is 18.7 Å². The second-order valence-corrected chi connectivity index (χ2v) is 5.60. The van der Waals surface area contributed by atoms with Crippen LogP contribution in [0.25, 0.3) is 0 Å². The summed E-state index contributed by atoms with van der Waals surface area (Å²) >= 11 is 1.77. The Morgan fingerprint density at radius 2 is 2.26 bits per heavy atom. The molecule has 0 fully saturated rings. The number of nitrogens with one attached hydrogen (secondary N) is 1. The molecule has 2 heterocycles. The third-order valence-electron chi connectivity index (χ3n) is 3.23. The van der Waals surface area contributed by atoms with Crippen LogP contribution in [0, 0.1) is 0 Å². The molecule has 4 nitrogen and oxygen atoms in total. The summed E-state index contributed by atoms with van der Waals surface area (Å²) in [6.45, 7) is 1.45. The molecule has 1 aromatic carbocycles. The van der Waals surface area contributed by atoms with Crippen molar-refractivity contribution < 1.29 is 4.79 Å². The number of carbonyl (C=O) groups is 1. The van der Waals surface area contributed by atoms with Gasteiger partial charge in [0.15, 0.2) is 0 Å². The highest BCUT2D eigenvalue weighted by atomic mass is 32.1. The summed E-state index contributed by atoms with van der Waals surface area (Å²) in [7, 11) is 0. The molecule has 0 unspecified atom stereocenters. The number of nitrogens with two attached hydrogens (primary N) is 1. The Kier molecular flexibility index (Phi) is 3.13. The Morgan fingerprint density at radius 3 is 3.11 bits per heavy atom. The molecule has 3 N–H and O–H groups in total. The van der Waals surface area contributed by atoms with Crippen LogP contribution in [0.4, 0.5) is 16.2 Å². The molecule has 0 saturated carbocycles. The molecule has 5 heteroatoms. The first-order chi connectivity index (χ1) is 9.22. The van der Waals surface area contributed by atoms with Crippen molar-refractivity contribution in [2.24, 2.45) is 0 Å².